The molecule has 1 aromatic heterocycles. The molecule has 0 atom stereocenters. The van der Waals surface area contributed by atoms with Crippen molar-refractivity contribution in [2.45, 2.75) is 45.3 Å². The van der Waals surface area contributed by atoms with Gasteiger partial charge in [0, 0.05) is 55.0 Å². The molecule has 2 N–H and O–H groups in total. The number of benzene rings is 1. The summed E-state index contributed by atoms with van der Waals surface area (Å²) in [6.07, 6.45) is -3.43. The number of carbonyl (C=O) groups is 2. The van der Waals surface area contributed by atoms with Crippen molar-refractivity contribution in [3.8, 4) is 5.75 Å². The Balaban J connectivity index is 1.57. The van der Waals surface area contributed by atoms with E-state index in [1.807, 2.05) is 0 Å². The first-order valence-electron chi connectivity index (χ1n) is 12.9. The quantitative estimate of drug-likeness (QED) is 0.549. The van der Waals surface area contributed by atoms with Gasteiger partial charge in [-0.05, 0) is 38.1 Å². The standard InChI is InChI=1S/C27H34F3N5O4/c1-17(2)31-24(36)20-15-35(16-26(3,4)21-22(20)32-33-23(21)27(28,29)30)25(37)18-5-7-19(8-6-18)39-14-11-34-9-12-38-13-10-34/h5-8,15,17H,9-14,16H2,1-4H3,(H,31,36)(H,32,33). The highest BCUT2D eigenvalue weighted by Gasteiger charge is 2.46. The lowest BCUT2D eigenvalue weighted by Crippen LogP contribution is -2.38. The van der Waals surface area contributed by atoms with Crippen LogP contribution in [0.3, 0.4) is 0 Å². The Kier molecular flexibility index (Phi) is 8.36. The molecule has 1 fully saturated rings. The number of carbonyl (C=O) groups excluding carboxylic acids is 2. The molecule has 0 unspecified atom stereocenters. The zero-order chi connectivity index (χ0) is 28.4. The molecule has 2 aromatic rings. The molecule has 9 nitrogen and oxygen atoms in total. The second kappa shape index (κ2) is 11.4. The first-order valence-corrected chi connectivity index (χ1v) is 12.9. The first-order chi connectivity index (χ1) is 18.4. The minimum absolute atomic E-state index is 0.0511. The topological polar surface area (TPSA) is 99.8 Å². The summed E-state index contributed by atoms with van der Waals surface area (Å²) in [7, 11) is 0. The molecule has 39 heavy (non-hydrogen) atoms. The van der Waals surface area contributed by atoms with Crippen LogP contribution in [0.1, 0.15) is 55.0 Å². The van der Waals surface area contributed by atoms with Gasteiger partial charge in [0.2, 0.25) is 0 Å². The summed E-state index contributed by atoms with van der Waals surface area (Å²) in [6.45, 7) is 10.9. The Morgan fingerprint density at radius 2 is 1.85 bits per heavy atom. The highest BCUT2D eigenvalue weighted by Crippen LogP contribution is 2.42. The van der Waals surface area contributed by atoms with Gasteiger partial charge in [-0.25, -0.2) is 0 Å². The smallest absolute Gasteiger partial charge is 0.435 e. The van der Waals surface area contributed by atoms with Gasteiger partial charge in [-0.2, -0.15) is 18.3 Å². The molecule has 12 heteroatoms. The summed E-state index contributed by atoms with van der Waals surface area (Å²) in [5.74, 6) is -0.466. The molecule has 2 aliphatic heterocycles. The average Bonchev–Trinajstić information content (AvgIpc) is 3.29. The van der Waals surface area contributed by atoms with Crippen molar-refractivity contribution in [2.75, 3.05) is 46.0 Å². The Bertz CT molecular complexity index is 1220. The van der Waals surface area contributed by atoms with Gasteiger partial charge in [0.15, 0.2) is 5.69 Å². The number of amides is 2. The Morgan fingerprint density at radius 3 is 2.46 bits per heavy atom. The maximum Gasteiger partial charge on any atom is 0.435 e. The third-order valence-electron chi connectivity index (χ3n) is 6.64. The number of aromatic amines is 1. The minimum atomic E-state index is -4.74. The molecule has 2 aliphatic rings. The molecule has 4 rings (SSSR count). The predicted octanol–water partition coefficient (Wildman–Crippen LogP) is 3.44. The van der Waals surface area contributed by atoms with Crippen LogP contribution in [0.4, 0.5) is 13.2 Å². The zero-order valence-electron chi connectivity index (χ0n) is 22.5. The van der Waals surface area contributed by atoms with Crippen molar-refractivity contribution in [1.82, 2.24) is 25.3 Å². The van der Waals surface area contributed by atoms with Crippen LogP contribution in [0, 0.1) is 0 Å². The largest absolute Gasteiger partial charge is 0.492 e. The number of halogens is 3. The van der Waals surface area contributed by atoms with E-state index < -0.39 is 29.1 Å². The summed E-state index contributed by atoms with van der Waals surface area (Å²) in [5, 5.41) is 8.64. The maximum atomic E-state index is 13.9. The number of hydrogen-bond donors (Lipinski definition) is 2. The number of fused-ring (bicyclic) bond motifs is 1. The van der Waals surface area contributed by atoms with E-state index in [4.69, 9.17) is 9.47 Å². The van der Waals surface area contributed by atoms with Crippen LogP contribution in [0.5, 0.6) is 5.75 Å². The summed E-state index contributed by atoms with van der Waals surface area (Å²) in [4.78, 5) is 30.2. The lowest BCUT2D eigenvalue weighted by Gasteiger charge is -2.30. The molecule has 0 bridgehead atoms. The summed E-state index contributed by atoms with van der Waals surface area (Å²) in [6, 6.07) is 6.30. The first kappa shape index (κ1) is 28.6. The van der Waals surface area contributed by atoms with Gasteiger partial charge in [-0.15, -0.1) is 0 Å². The molecule has 3 heterocycles. The molecule has 212 valence electrons. The summed E-state index contributed by atoms with van der Waals surface area (Å²) in [5.41, 5.74) is -2.26. The van der Waals surface area contributed by atoms with E-state index in [2.05, 4.69) is 20.4 Å². The molecule has 1 saturated heterocycles. The van der Waals surface area contributed by atoms with E-state index >= 15 is 0 Å². The molecule has 0 spiro atoms. The van der Waals surface area contributed by atoms with Crippen LogP contribution in [-0.4, -0.2) is 83.9 Å². The third-order valence-corrected chi connectivity index (χ3v) is 6.64. The Morgan fingerprint density at radius 1 is 1.18 bits per heavy atom. The van der Waals surface area contributed by atoms with Gasteiger partial charge in [0.05, 0.1) is 24.5 Å². The number of H-pyrrole nitrogens is 1. The summed E-state index contributed by atoms with van der Waals surface area (Å²) >= 11 is 0. The number of nitrogens with zero attached hydrogens (tertiary/aromatic N) is 3. The Hall–Kier alpha value is -3.38. The predicted molar refractivity (Wildman–Crippen MR) is 138 cm³/mol. The fraction of sp³-hybridized carbons (Fsp3) is 0.519. The van der Waals surface area contributed by atoms with E-state index in [9.17, 15) is 22.8 Å². The van der Waals surface area contributed by atoms with E-state index in [-0.39, 0.29) is 29.4 Å². The highest BCUT2D eigenvalue weighted by atomic mass is 19.4. The number of hydrogen-bond acceptors (Lipinski definition) is 6. The number of nitrogens with one attached hydrogen (secondary N) is 2. The Labute approximate surface area is 225 Å². The van der Waals surface area contributed by atoms with Crippen molar-refractivity contribution < 1.29 is 32.2 Å². The second-order valence-electron chi connectivity index (χ2n) is 10.6. The van der Waals surface area contributed by atoms with Crippen LogP contribution in [0.2, 0.25) is 0 Å². The van der Waals surface area contributed by atoms with Crippen molar-refractivity contribution in [3.63, 3.8) is 0 Å². The molecule has 0 saturated carbocycles. The van der Waals surface area contributed by atoms with E-state index in [0.29, 0.717) is 31.1 Å². The van der Waals surface area contributed by atoms with Gasteiger partial charge < -0.3 is 19.7 Å². The van der Waals surface area contributed by atoms with Gasteiger partial charge in [-0.3, -0.25) is 19.6 Å². The average molecular weight is 550 g/mol. The van der Waals surface area contributed by atoms with Crippen molar-refractivity contribution in [3.05, 3.63) is 53.0 Å². The normalized spacial score (nSPS) is 17.8. The van der Waals surface area contributed by atoms with Gasteiger partial charge >= 0.3 is 6.18 Å². The fourth-order valence-electron chi connectivity index (χ4n) is 4.79. The minimum Gasteiger partial charge on any atom is -0.492 e. The number of ether oxygens (including phenoxy) is 2. The molecule has 1 aromatic carbocycles. The van der Waals surface area contributed by atoms with Gasteiger partial charge in [-0.1, -0.05) is 13.8 Å². The number of rotatable bonds is 7. The molecular weight excluding hydrogens is 515 g/mol. The van der Waals surface area contributed by atoms with Crippen molar-refractivity contribution >= 4 is 17.4 Å². The van der Waals surface area contributed by atoms with Gasteiger partial charge in [0.1, 0.15) is 12.4 Å². The van der Waals surface area contributed by atoms with Crippen molar-refractivity contribution in [1.29, 1.82) is 0 Å². The van der Waals surface area contributed by atoms with Crippen LogP contribution in [0.25, 0.3) is 5.57 Å². The fourth-order valence-corrected chi connectivity index (χ4v) is 4.79. The van der Waals surface area contributed by atoms with E-state index in [1.165, 1.54) is 11.1 Å². The second-order valence-corrected chi connectivity index (χ2v) is 10.6. The van der Waals surface area contributed by atoms with Crippen LogP contribution in [0.15, 0.2) is 30.5 Å². The zero-order valence-corrected chi connectivity index (χ0v) is 22.5. The number of alkyl halides is 3. The van der Waals surface area contributed by atoms with E-state index in [1.54, 1.807) is 52.0 Å². The third kappa shape index (κ3) is 6.62. The summed E-state index contributed by atoms with van der Waals surface area (Å²) < 4.78 is 52.8. The number of aromatic nitrogens is 2. The molecular formula is C27H34F3N5O4. The van der Waals surface area contributed by atoms with Gasteiger partial charge in [0.25, 0.3) is 11.8 Å². The lowest BCUT2D eigenvalue weighted by molar-refractivity contribution is -0.142. The van der Waals surface area contributed by atoms with Crippen LogP contribution in [-0.2, 0) is 21.1 Å². The van der Waals surface area contributed by atoms with Crippen LogP contribution < -0.4 is 10.1 Å². The van der Waals surface area contributed by atoms with E-state index in [0.717, 1.165) is 19.6 Å². The SMILES string of the molecule is CC(C)NC(=O)C1=CN(C(=O)c2ccc(OCCN3CCOCC3)cc2)CC(C)(C)c2c(C(F)(F)F)n[nH]c21. The molecule has 0 radical (unpaired) electrons. The lowest BCUT2D eigenvalue weighted by atomic mass is 9.81. The monoisotopic (exact) mass is 549 g/mol. The van der Waals surface area contributed by atoms with Crippen LogP contribution >= 0.6 is 0 Å². The van der Waals surface area contributed by atoms with Crippen molar-refractivity contribution in [2.24, 2.45) is 0 Å². The molecule has 2 amide bonds. The molecule has 0 aliphatic carbocycles. The number of morpholine rings is 1. The highest BCUT2D eigenvalue weighted by molar-refractivity contribution is 6.20. The maximum absolute atomic E-state index is 13.9.